The van der Waals surface area contributed by atoms with Gasteiger partial charge in [-0.2, -0.15) is 0 Å². The highest BCUT2D eigenvalue weighted by molar-refractivity contribution is 9.10. The molecule has 2 atom stereocenters. The molecule has 0 aliphatic carbocycles. The summed E-state index contributed by atoms with van der Waals surface area (Å²) in [6.07, 6.45) is 0.177. The Kier molecular flexibility index (Phi) is 3.16. The molecule has 82 valence electrons. The fraction of sp³-hybridized carbons (Fsp3) is 0.444. The van der Waals surface area contributed by atoms with Crippen molar-refractivity contribution in [2.45, 2.75) is 12.2 Å². The lowest BCUT2D eigenvalue weighted by Gasteiger charge is -2.17. The second-order valence-electron chi connectivity index (χ2n) is 3.50. The van der Waals surface area contributed by atoms with Crippen molar-refractivity contribution in [3.05, 3.63) is 21.8 Å². The van der Waals surface area contributed by atoms with Crippen molar-refractivity contribution in [1.29, 1.82) is 0 Å². The molecule has 15 heavy (non-hydrogen) atoms. The third-order valence-corrected chi connectivity index (χ3v) is 3.06. The molecule has 1 aromatic rings. The van der Waals surface area contributed by atoms with Gasteiger partial charge in [0.1, 0.15) is 5.82 Å². The number of pyridine rings is 1. The Hall–Kier alpha value is -0.360. The average molecular weight is 294 g/mol. The van der Waals surface area contributed by atoms with Crippen LogP contribution < -0.4 is 4.90 Å². The first-order valence-electron chi connectivity index (χ1n) is 4.50. The zero-order chi connectivity index (χ0) is 11.0. The lowest BCUT2D eigenvalue weighted by Crippen LogP contribution is -2.22. The van der Waals surface area contributed by atoms with Crippen LogP contribution in [-0.2, 0) is 0 Å². The zero-order valence-corrected chi connectivity index (χ0v) is 10.1. The van der Waals surface area contributed by atoms with Gasteiger partial charge in [-0.25, -0.2) is 4.98 Å². The predicted molar refractivity (Wildman–Crippen MR) is 61.2 cm³/mol. The smallest absolute Gasteiger partial charge is 0.147 e. The molecule has 1 aliphatic rings. The first kappa shape index (κ1) is 11.1. The third kappa shape index (κ3) is 2.25. The molecule has 4 nitrogen and oxygen atoms in total. The molecule has 1 fully saturated rings. The van der Waals surface area contributed by atoms with Gasteiger partial charge in [-0.15, -0.1) is 0 Å². The number of aliphatic hydroxyl groups excluding tert-OH is 2. The van der Waals surface area contributed by atoms with Gasteiger partial charge in [0.15, 0.2) is 0 Å². The highest BCUT2D eigenvalue weighted by Gasteiger charge is 2.31. The highest BCUT2D eigenvalue weighted by atomic mass is 79.9. The number of hydrogen-bond acceptors (Lipinski definition) is 4. The maximum absolute atomic E-state index is 9.40. The van der Waals surface area contributed by atoms with Gasteiger partial charge in [0.05, 0.1) is 17.2 Å². The summed E-state index contributed by atoms with van der Waals surface area (Å²) in [5.41, 5.74) is 0. The minimum atomic E-state index is -0.730. The quantitative estimate of drug-likeness (QED) is 0.812. The molecular weight excluding hydrogens is 283 g/mol. The fourth-order valence-corrected chi connectivity index (χ4v) is 2.33. The van der Waals surface area contributed by atoms with Crippen LogP contribution >= 0.6 is 27.5 Å². The summed E-state index contributed by atoms with van der Waals surface area (Å²) < 4.78 is 0.802. The molecule has 2 rings (SSSR count). The van der Waals surface area contributed by atoms with Gasteiger partial charge in [-0.05, 0) is 22.0 Å². The van der Waals surface area contributed by atoms with E-state index in [4.69, 9.17) is 11.6 Å². The highest BCUT2D eigenvalue weighted by Crippen LogP contribution is 2.28. The second-order valence-corrected chi connectivity index (χ2v) is 4.82. The van der Waals surface area contributed by atoms with Crippen molar-refractivity contribution in [2.75, 3.05) is 18.0 Å². The Morgan fingerprint density at radius 3 is 2.53 bits per heavy atom. The van der Waals surface area contributed by atoms with Gasteiger partial charge < -0.3 is 15.1 Å². The van der Waals surface area contributed by atoms with Crippen LogP contribution in [0.15, 0.2) is 16.7 Å². The molecule has 2 heterocycles. The van der Waals surface area contributed by atoms with Crippen LogP contribution in [0.2, 0.25) is 5.02 Å². The average Bonchev–Trinajstić information content (AvgIpc) is 2.46. The van der Waals surface area contributed by atoms with Crippen LogP contribution in [0, 0.1) is 0 Å². The third-order valence-electron chi connectivity index (χ3n) is 2.35. The minimum Gasteiger partial charge on any atom is -0.389 e. The summed E-state index contributed by atoms with van der Waals surface area (Å²) in [6.45, 7) is 0.713. The Labute approximate surface area is 101 Å². The summed E-state index contributed by atoms with van der Waals surface area (Å²) in [5, 5.41) is 19.3. The monoisotopic (exact) mass is 292 g/mol. The van der Waals surface area contributed by atoms with Gasteiger partial charge >= 0.3 is 0 Å². The van der Waals surface area contributed by atoms with Crippen LogP contribution in [0.5, 0.6) is 0 Å². The lowest BCUT2D eigenvalue weighted by atomic mass is 10.3. The maximum atomic E-state index is 9.40. The van der Waals surface area contributed by atoms with Crippen LogP contribution in [-0.4, -0.2) is 40.5 Å². The number of β-amino-alcohol motifs (C(OH)–C–C–N with tert-alkyl or cyclic N) is 2. The molecule has 1 aliphatic heterocycles. The fourth-order valence-electron chi connectivity index (χ4n) is 1.58. The van der Waals surface area contributed by atoms with Gasteiger partial charge in [-0.3, -0.25) is 0 Å². The number of aromatic nitrogens is 1. The Morgan fingerprint density at radius 2 is 2.00 bits per heavy atom. The Bertz CT molecular complexity index is 367. The van der Waals surface area contributed by atoms with Crippen LogP contribution in [0.4, 0.5) is 5.82 Å². The van der Waals surface area contributed by atoms with Crippen LogP contribution in [0.25, 0.3) is 0 Å². The second kappa shape index (κ2) is 4.25. The van der Waals surface area contributed by atoms with Crippen molar-refractivity contribution in [2.24, 2.45) is 0 Å². The number of anilines is 1. The van der Waals surface area contributed by atoms with Crippen molar-refractivity contribution >= 4 is 33.3 Å². The van der Waals surface area contributed by atoms with E-state index in [1.165, 1.54) is 0 Å². The maximum Gasteiger partial charge on any atom is 0.147 e. The summed E-state index contributed by atoms with van der Waals surface area (Å²) in [6, 6.07) is 1.74. The first-order chi connectivity index (χ1) is 7.08. The van der Waals surface area contributed by atoms with E-state index < -0.39 is 12.2 Å². The molecule has 6 heteroatoms. The molecule has 2 N–H and O–H groups in total. The lowest BCUT2D eigenvalue weighted by molar-refractivity contribution is 0.0572. The van der Waals surface area contributed by atoms with Crippen LogP contribution in [0.1, 0.15) is 0 Å². The Morgan fingerprint density at radius 1 is 1.40 bits per heavy atom. The number of rotatable bonds is 1. The SMILES string of the molecule is OC1CN(c2ncc(Br)cc2Cl)CC1O. The van der Waals surface area contributed by atoms with Crippen molar-refractivity contribution in [3.63, 3.8) is 0 Å². The van der Waals surface area contributed by atoms with Crippen LogP contribution in [0.3, 0.4) is 0 Å². The molecule has 2 unspecified atom stereocenters. The molecule has 1 aromatic heterocycles. The zero-order valence-electron chi connectivity index (χ0n) is 7.77. The van der Waals surface area contributed by atoms with E-state index in [1.807, 2.05) is 0 Å². The molecule has 0 radical (unpaired) electrons. The van der Waals surface area contributed by atoms with E-state index in [1.54, 1.807) is 17.2 Å². The van der Waals surface area contributed by atoms with E-state index in [0.29, 0.717) is 23.9 Å². The molecule has 0 amide bonds. The van der Waals surface area contributed by atoms with Gasteiger partial charge in [-0.1, -0.05) is 11.6 Å². The van der Waals surface area contributed by atoms with E-state index >= 15 is 0 Å². The Balaban J connectivity index is 2.24. The van der Waals surface area contributed by atoms with Crippen molar-refractivity contribution in [3.8, 4) is 0 Å². The number of halogens is 2. The molecule has 0 bridgehead atoms. The number of nitrogens with zero attached hydrogens (tertiary/aromatic N) is 2. The van der Waals surface area contributed by atoms with Crippen molar-refractivity contribution < 1.29 is 10.2 Å². The first-order valence-corrected chi connectivity index (χ1v) is 5.67. The summed E-state index contributed by atoms with van der Waals surface area (Å²) in [7, 11) is 0. The van der Waals surface area contributed by atoms with E-state index in [2.05, 4.69) is 20.9 Å². The standard InChI is InChI=1S/C9H10BrClN2O2/c10-5-1-6(11)9(12-2-5)13-3-7(14)8(15)4-13/h1-2,7-8,14-15H,3-4H2. The van der Waals surface area contributed by atoms with E-state index in [0.717, 1.165) is 4.47 Å². The summed E-state index contributed by atoms with van der Waals surface area (Å²) >= 11 is 9.27. The number of aliphatic hydroxyl groups is 2. The molecule has 0 saturated carbocycles. The number of hydrogen-bond donors (Lipinski definition) is 2. The van der Waals surface area contributed by atoms with E-state index in [-0.39, 0.29) is 0 Å². The van der Waals surface area contributed by atoms with Crippen molar-refractivity contribution in [1.82, 2.24) is 4.98 Å². The van der Waals surface area contributed by atoms with Gasteiger partial charge in [0.2, 0.25) is 0 Å². The molecule has 0 spiro atoms. The van der Waals surface area contributed by atoms with E-state index in [9.17, 15) is 10.2 Å². The summed E-state index contributed by atoms with van der Waals surface area (Å²) in [4.78, 5) is 5.92. The molecular formula is C9H10BrClN2O2. The largest absolute Gasteiger partial charge is 0.389 e. The van der Waals surface area contributed by atoms with Gasteiger partial charge in [0, 0.05) is 23.8 Å². The normalized spacial score (nSPS) is 26.0. The molecule has 1 saturated heterocycles. The molecule has 0 aromatic carbocycles. The summed E-state index contributed by atoms with van der Waals surface area (Å²) in [5.74, 6) is 0.593. The minimum absolute atomic E-state index is 0.357. The van der Waals surface area contributed by atoms with Gasteiger partial charge in [0.25, 0.3) is 0 Å². The topological polar surface area (TPSA) is 56.6 Å². The predicted octanol–water partition coefficient (Wildman–Crippen LogP) is 1.04.